The van der Waals surface area contributed by atoms with Gasteiger partial charge in [-0.25, -0.2) is 0 Å². The highest BCUT2D eigenvalue weighted by Gasteiger charge is 1.97. The zero-order chi connectivity index (χ0) is 7.82. The van der Waals surface area contributed by atoms with Crippen molar-refractivity contribution in [2.75, 3.05) is 24.5 Å². The third-order valence-corrected chi connectivity index (χ3v) is 2.73. The molecule has 10 heavy (non-hydrogen) atoms. The SMILES string of the molecule is COC(C)CSCCCCl. The van der Waals surface area contributed by atoms with Gasteiger partial charge in [0.2, 0.25) is 0 Å². The first kappa shape index (κ1) is 10.6. The van der Waals surface area contributed by atoms with Crippen molar-refractivity contribution in [3.63, 3.8) is 0 Å². The van der Waals surface area contributed by atoms with Crippen molar-refractivity contribution in [2.45, 2.75) is 19.4 Å². The highest BCUT2D eigenvalue weighted by Crippen LogP contribution is 2.06. The molecule has 0 aromatic heterocycles. The fraction of sp³-hybridized carbons (Fsp3) is 1.00. The first-order chi connectivity index (χ1) is 4.81. The number of methoxy groups -OCH3 is 1. The summed E-state index contributed by atoms with van der Waals surface area (Å²) in [5.74, 6) is 3.00. The fourth-order valence-corrected chi connectivity index (χ4v) is 1.75. The summed E-state index contributed by atoms with van der Waals surface area (Å²) >= 11 is 7.41. The van der Waals surface area contributed by atoms with Gasteiger partial charge in [-0.15, -0.1) is 11.6 Å². The fourth-order valence-electron chi connectivity index (χ4n) is 0.474. The van der Waals surface area contributed by atoms with Crippen molar-refractivity contribution < 1.29 is 4.74 Å². The van der Waals surface area contributed by atoms with Crippen LogP contribution in [0.25, 0.3) is 0 Å². The average molecular weight is 183 g/mol. The van der Waals surface area contributed by atoms with Crippen LogP contribution < -0.4 is 0 Å². The lowest BCUT2D eigenvalue weighted by atomic mass is 10.5. The van der Waals surface area contributed by atoms with E-state index in [0.29, 0.717) is 6.10 Å². The summed E-state index contributed by atoms with van der Waals surface area (Å²) in [6.45, 7) is 2.08. The Morgan fingerprint density at radius 1 is 1.60 bits per heavy atom. The number of hydrogen-bond acceptors (Lipinski definition) is 2. The number of rotatable bonds is 6. The van der Waals surface area contributed by atoms with Gasteiger partial charge >= 0.3 is 0 Å². The Labute approximate surface area is 72.5 Å². The van der Waals surface area contributed by atoms with E-state index in [2.05, 4.69) is 6.92 Å². The van der Waals surface area contributed by atoms with E-state index in [4.69, 9.17) is 16.3 Å². The molecule has 0 aliphatic heterocycles. The minimum Gasteiger partial charge on any atom is -0.381 e. The molecule has 1 atom stereocenters. The molecule has 0 amide bonds. The molecule has 0 heterocycles. The summed E-state index contributed by atoms with van der Waals surface area (Å²) in [4.78, 5) is 0. The molecular formula is C7H15ClOS. The summed E-state index contributed by atoms with van der Waals surface area (Å²) in [5.41, 5.74) is 0. The smallest absolute Gasteiger partial charge is 0.0633 e. The van der Waals surface area contributed by atoms with Crippen LogP contribution in [-0.2, 0) is 4.74 Å². The molecule has 0 N–H and O–H groups in total. The zero-order valence-electron chi connectivity index (χ0n) is 6.60. The molecule has 0 bridgehead atoms. The second-order valence-electron chi connectivity index (χ2n) is 2.16. The third-order valence-electron chi connectivity index (χ3n) is 1.18. The van der Waals surface area contributed by atoms with Gasteiger partial charge in [0.05, 0.1) is 6.10 Å². The Kier molecular flexibility index (Phi) is 8.17. The molecule has 62 valence electrons. The summed E-state index contributed by atoms with van der Waals surface area (Å²) in [5, 5.41) is 0. The second kappa shape index (κ2) is 7.70. The summed E-state index contributed by atoms with van der Waals surface area (Å²) in [6.07, 6.45) is 1.48. The zero-order valence-corrected chi connectivity index (χ0v) is 8.17. The largest absolute Gasteiger partial charge is 0.381 e. The Morgan fingerprint density at radius 2 is 2.30 bits per heavy atom. The molecule has 1 nitrogen and oxygen atoms in total. The minimum absolute atomic E-state index is 0.375. The van der Waals surface area contributed by atoms with E-state index >= 15 is 0 Å². The summed E-state index contributed by atoms with van der Waals surface area (Å²) in [6, 6.07) is 0. The van der Waals surface area contributed by atoms with Crippen molar-refractivity contribution in [3.05, 3.63) is 0 Å². The molecule has 0 aromatic carbocycles. The number of alkyl halides is 1. The Balaban J connectivity index is 2.89. The molecule has 0 saturated carbocycles. The molecule has 3 heteroatoms. The van der Waals surface area contributed by atoms with E-state index in [1.54, 1.807) is 7.11 Å². The molecular weight excluding hydrogens is 168 g/mol. The van der Waals surface area contributed by atoms with E-state index in [0.717, 1.165) is 23.8 Å². The molecule has 0 aliphatic rings. The maximum absolute atomic E-state index is 5.51. The molecule has 0 aromatic rings. The van der Waals surface area contributed by atoms with Gasteiger partial charge in [-0.2, -0.15) is 11.8 Å². The van der Waals surface area contributed by atoms with Gasteiger partial charge < -0.3 is 4.74 Å². The van der Waals surface area contributed by atoms with Gasteiger partial charge in [0.25, 0.3) is 0 Å². The number of thioether (sulfide) groups is 1. The molecule has 0 rings (SSSR count). The highest BCUT2D eigenvalue weighted by atomic mass is 35.5. The van der Waals surface area contributed by atoms with Gasteiger partial charge in [-0.1, -0.05) is 0 Å². The summed E-state index contributed by atoms with van der Waals surface area (Å²) < 4.78 is 5.08. The maximum Gasteiger partial charge on any atom is 0.0633 e. The van der Waals surface area contributed by atoms with Gasteiger partial charge in [0.15, 0.2) is 0 Å². The van der Waals surface area contributed by atoms with Gasteiger partial charge in [-0.3, -0.25) is 0 Å². The Hall–Kier alpha value is 0.600. The maximum atomic E-state index is 5.51. The summed E-state index contributed by atoms with van der Waals surface area (Å²) in [7, 11) is 1.74. The van der Waals surface area contributed by atoms with E-state index < -0.39 is 0 Å². The topological polar surface area (TPSA) is 9.23 Å². The first-order valence-corrected chi connectivity index (χ1v) is 5.16. The monoisotopic (exact) mass is 182 g/mol. The lowest BCUT2D eigenvalue weighted by molar-refractivity contribution is 0.138. The Bertz CT molecular complexity index is 70.6. The minimum atomic E-state index is 0.375. The standard InChI is InChI=1S/C7H15ClOS/c1-7(9-2)6-10-5-3-4-8/h7H,3-6H2,1-2H3. The molecule has 1 unspecified atom stereocenters. The highest BCUT2D eigenvalue weighted by molar-refractivity contribution is 7.99. The lowest BCUT2D eigenvalue weighted by Crippen LogP contribution is -2.07. The van der Waals surface area contributed by atoms with Crippen molar-refractivity contribution in [3.8, 4) is 0 Å². The van der Waals surface area contributed by atoms with Crippen molar-refractivity contribution >= 4 is 23.4 Å². The second-order valence-corrected chi connectivity index (χ2v) is 3.69. The molecule has 0 spiro atoms. The van der Waals surface area contributed by atoms with Crippen molar-refractivity contribution in [1.82, 2.24) is 0 Å². The van der Waals surface area contributed by atoms with E-state index in [1.807, 2.05) is 11.8 Å². The van der Waals surface area contributed by atoms with Crippen LogP contribution in [-0.4, -0.2) is 30.6 Å². The van der Waals surface area contributed by atoms with Gasteiger partial charge in [0.1, 0.15) is 0 Å². The van der Waals surface area contributed by atoms with Crippen LogP contribution in [0.3, 0.4) is 0 Å². The van der Waals surface area contributed by atoms with Gasteiger partial charge in [0, 0.05) is 18.7 Å². The van der Waals surface area contributed by atoms with Crippen LogP contribution in [0.5, 0.6) is 0 Å². The van der Waals surface area contributed by atoms with E-state index in [-0.39, 0.29) is 0 Å². The van der Waals surface area contributed by atoms with E-state index in [9.17, 15) is 0 Å². The van der Waals surface area contributed by atoms with Crippen molar-refractivity contribution in [2.24, 2.45) is 0 Å². The first-order valence-electron chi connectivity index (χ1n) is 3.47. The molecule has 0 fully saturated rings. The number of halogens is 1. The van der Waals surface area contributed by atoms with Crippen LogP contribution in [0.4, 0.5) is 0 Å². The van der Waals surface area contributed by atoms with Crippen LogP contribution in [0.15, 0.2) is 0 Å². The predicted octanol–water partition coefficient (Wildman–Crippen LogP) is 2.38. The lowest BCUT2D eigenvalue weighted by Gasteiger charge is -2.07. The van der Waals surface area contributed by atoms with Gasteiger partial charge in [-0.05, 0) is 19.1 Å². The third kappa shape index (κ3) is 6.72. The Morgan fingerprint density at radius 3 is 2.80 bits per heavy atom. The molecule has 0 radical (unpaired) electrons. The van der Waals surface area contributed by atoms with Crippen LogP contribution in [0.1, 0.15) is 13.3 Å². The van der Waals surface area contributed by atoms with Crippen LogP contribution in [0, 0.1) is 0 Å². The average Bonchev–Trinajstić information content (AvgIpc) is 1.98. The van der Waals surface area contributed by atoms with Crippen molar-refractivity contribution in [1.29, 1.82) is 0 Å². The van der Waals surface area contributed by atoms with Crippen LogP contribution in [0.2, 0.25) is 0 Å². The molecule has 0 saturated heterocycles. The predicted molar refractivity (Wildman–Crippen MR) is 49.1 cm³/mol. The normalized spacial score (nSPS) is 13.5. The number of ether oxygens (including phenoxy) is 1. The quantitative estimate of drug-likeness (QED) is 0.461. The van der Waals surface area contributed by atoms with E-state index in [1.165, 1.54) is 0 Å². The number of hydrogen-bond donors (Lipinski definition) is 0. The van der Waals surface area contributed by atoms with Crippen LogP contribution >= 0.6 is 23.4 Å². The molecule has 0 aliphatic carbocycles.